The zero-order valence-corrected chi connectivity index (χ0v) is 12.0. The summed E-state index contributed by atoms with van der Waals surface area (Å²) in [5.41, 5.74) is 0.564. The molecule has 2 aromatic carbocycles. The van der Waals surface area contributed by atoms with E-state index in [9.17, 15) is 15.2 Å². The molecule has 0 aromatic heterocycles. The van der Waals surface area contributed by atoms with E-state index in [-0.39, 0.29) is 17.1 Å². The second-order valence-electron chi connectivity index (χ2n) is 4.30. The number of hydrogen-bond donors (Lipinski definition) is 1. The first-order chi connectivity index (χ1) is 10.5. The van der Waals surface area contributed by atoms with Crippen LogP contribution in [-0.4, -0.2) is 30.5 Å². The van der Waals surface area contributed by atoms with E-state index >= 15 is 0 Å². The second kappa shape index (κ2) is 6.57. The number of benzene rings is 2. The van der Waals surface area contributed by atoms with Crippen molar-refractivity contribution in [2.45, 2.75) is 0 Å². The lowest BCUT2D eigenvalue weighted by atomic mass is 10.2. The fourth-order valence-corrected chi connectivity index (χ4v) is 1.81. The van der Waals surface area contributed by atoms with Crippen LogP contribution >= 0.6 is 0 Å². The van der Waals surface area contributed by atoms with Crippen molar-refractivity contribution in [1.82, 2.24) is 0 Å². The highest BCUT2D eigenvalue weighted by atomic mass is 16.6. The molecular formula is C15H14N2O5. The Balaban J connectivity index is 2.40. The molecule has 114 valence electrons. The largest absolute Gasteiger partial charge is 0.506 e. The van der Waals surface area contributed by atoms with Gasteiger partial charge in [0.15, 0.2) is 0 Å². The third-order valence-electron chi connectivity index (χ3n) is 2.95. The number of ether oxygens (including phenoxy) is 2. The van der Waals surface area contributed by atoms with Gasteiger partial charge >= 0.3 is 0 Å². The van der Waals surface area contributed by atoms with Gasteiger partial charge < -0.3 is 14.6 Å². The number of phenolic OH excluding ortho intramolecular Hbond substituents is 1. The number of nitro groups is 1. The zero-order chi connectivity index (χ0) is 16.1. The lowest BCUT2D eigenvalue weighted by Gasteiger charge is -2.07. The summed E-state index contributed by atoms with van der Waals surface area (Å²) in [5, 5.41) is 20.5. The summed E-state index contributed by atoms with van der Waals surface area (Å²) >= 11 is 0. The Morgan fingerprint density at radius 1 is 1.18 bits per heavy atom. The van der Waals surface area contributed by atoms with Gasteiger partial charge in [-0.3, -0.25) is 15.1 Å². The molecule has 22 heavy (non-hydrogen) atoms. The normalized spacial score (nSPS) is 10.6. The van der Waals surface area contributed by atoms with Gasteiger partial charge in [0.25, 0.3) is 5.69 Å². The minimum atomic E-state index is -0.551. The average Bonchev–Trinajstić information content (AvgIpc) is 2.53. The van der Waals surface area contributed by atoms with Gasteiger partial charge in [0.05, 0.1) is 19.1 Å². The number of nitro benzene ring substituents is 1. The van der Waals surface area contributed by atoms with Gasteiger partial charge in [-0.05, 0) is 24.3 Å². The smallest absolute Gasteiger partial charge is 0.271 e. The second-order valence-corrected chi connectivity index (χ2v) is 4.30. The van der Waals surface area contributed by atoms with Crippen molar-refractivity contribution >= 4 is 17.6 Å². The summed E-state index contributed by atoms with van der Waals surface area (Å²) < 4.78 is 10.3. The van der Waals surface area contributed by atoms with Crippen LogP contribution in [0, 0.1) is 10.1 Å². The summed E-state index contributed by atoms with van der Waals surface area (Å²) in [6, 6.07) is 8.79. The Bertz CT molecular complexity index is 728. The number of nitrogens with zero attached hydrogens (tertiary/aromatic N) is 2. The molecule has 0 atom stereocenters. The number of phenols is 1. The van der Waals surface area contributed by atoms with Crippen LogP contribution in [0.15, 0.2) is 41.4 Å². The summed E-state index contributed by atoms with van der Waals surface area (Å²) in [6.45, 7) is 0. The number of hydrogen-bond acceptors (Lipinski definition) is 6. The van der Waals surface area contributed by atoms with Gasteiger partial charge in [-0.1, -0.05) is 0 Å². The molecule has 2 rings (SSSR count). The molecule has 7 nitrogen and oxygen atoms in total. The number of methoxy groups -OCH3 is 2. The Morgan fingerprint density at radius 2 is 1.95 bits per heavy atom. The van der Waals surface area contributed by atoms with E-state index in [1.165, 1.54) is 38.6 Å². The van der Waals surface area contributed by atoms with E-state index in [1.807, 2.05) is 0 Å². The topological polar surface area (TPSA) is 94.2 Å². The van der Waals surface area contributed by atoms with Crippen molar-refractivity contribution in [3.05, 3.63) is 52.1 Å². The minimum absolute atomic E-state index is 0.0964. The van der Waals surface area contributed by atoms with Crippen molar-refractivity contribution < 1.29 is 19.5 Å². The number of non-ortho nitro benzene ring substituents is 1. The van der Waals surface area contributed by atoms with E-state index in [0.717, 1.165) is 0 Å². The van der Waals surface area contributed by atoms with Gasteiger partial charge in [0, 0.05) is 23.9 Å². The summed E-state index contributed by atoms with van der Waals surface area (Å²) in [4.78, 5) is 14.3. The Morgan fingerprint density at radius 3 is 2.59 bits per heavy atom. The standard InChI is InChI=1S/C15H14N2O5/c1-21-12-4-6-15(22-2)10(7-12)9-16-13-8-11(17(19)20)3-5-14(13)18/h3-9,18H,1-2H3. The van der Waals surface area contributed by atoms with E-state index in [0.29, 0.717) is 17.1 Å². The van der Waals surface area contributed by atoms with E-state index in [4.69, 9.17) is 9.47 Å². The molecule has 2 aromatic rings. The first-order valence-electron chi connectivity index (χ1n) is 6.28. The average molecular weight is 302 g/mol. The van der Waals surface area contributed by atoms with Crippen molar-refractivity contribution in [2.75, 3.05) is 14.2 Å². The van der Waals surface area contributed by atoms with Gasteiger partial charge in [-0.15, -0.1) is 0 Å². The van der Waals surface area contributed by atoms with Crippen LogP contribution in [0.5, 0.6) is 17.2 Å². The van der Waals surface area contributed by atoms with Gasteiger partial charge in [0.2, 0.25) is 0 Å². The molecule has 0 bridgehead atoms. The maximum absolute atomic E-state index is 10.8. The third kappa shape index (κ3) is 3.32. The highest BCUT2D eigenvalue weighted by Gasteiger charge is 2.10. The van der Waals surface area contributed by atoms with Crippen LogP contribution in [0.4, 0.5) is 11.4 Å². The fraction of sp³-hybridized carbons (Fsp3) is 0.133. The number of aromatic hydroxyl groups is 1. The maximum Gasteiger partial charge on any atom is 0.271 e. The molecule has 0 unspecified atom stereocenters. The zero-order valence-electron chi connectivity index (χ0n) is 12.0. The van der Waals surface area contributed by atoms with Crippen LogP contribution in [0.1, 0.15) is 5.56 Å². The lowest BCUT2D eigenvalue weighted by molar-refractivity contribution is -0.384. The van der Waals surface area contributed by atoms with Crippen LogP contribution in [0.25, 0.3) is 0 Å². The molecule has 0 aliphatic carbocycles. The van der Waals surface area contributed by atoms with Crippen molar-refractivity contribution in [2.24, 2.45) is 4.99 Å². The third-order valence-corrected chi connectivity index (χ3v) is 2.95. The molecular weight excluding hydrogens is 288 g/mol. The lowest BCUT2D eigenvalue weighted by Crippen LogP contribution is -1.92. The predicted molar refractivity (Wildman–Crippen MR) is 81.6 cm³/mol. The predicted octanol–water partition coefficient (Wildman–Crippen LogP) is 3.07. The summed E-state index contributed by atoms with van der Waals surface area (Å²) in [7, 11) is 3.05. The van der Waals surface area contributed by atoms with Crippen molar-refractivity contribution in [3.63, 3.8) is 0 Å². The summed E-state index contributed by atoms with van der Waals surface area (Å²) in [6.07, 6.45) is 1.44. The van der Waals surface area contributed by atoms with Crippen LogP contribution < -0.4 is 9.47 Å². The van der Waals surface area contributed by atoms with Gasteiger partial charge in [-0.25, -0.2) is 0 Å². The minimum Gasteiger partial charge on any atom is -0.506 e. The fourth-order valence-electron chi connectivity index (χ4n) is 1.81. The molecule has 0 spiro atoms. The highest BCUT2D eigenvalue weighted by molar-refractivity contribution is 5.86. The van der Waals surface area contributed by atoms with E-state index in [2.05, 4.69) is 4.99 Å². The molecule has 7 heteroatoms. The molecule has 0 aliphatic rings. The molecule has 0 heterocycles. The van der Waals surface area contributed by atoms with Crippen molar-refractivity contribution in [3.8, 4) is 17.2 Å². The maximum atomic E-state index is 10.8. The number of aliphatic imine (C=N–C) groups is 1. The molecule has 0 fully saturated rings. The molecule has 0 amide bonds. The quantitative estimate of drug-likeness (QED) is 0.520. The Kier molecular flexibility index (Phi) is 4.57. The molecule has 0 radical (unpaired) electrons. The van der Waals surface area contributed by atoms with E-state index < -0.39 is 4.92 Å². The summed E-state index contributed by atoms with van der Waals surface area (Å²) in [5.74, 6) is 1.03. The van der Waals surface area contributed by atoms with E-state index in [1.54, 1.807) is 18.2 Å². The van der Waals surface area contributed by atoms with Crippen molar-refractivity contribution in [1.29, 1.82) is 0 Å². The van der Waals surface area contributed by atoms with Crippen LogP contribution in [0.3, 0.4) is 0 Å². The Labute approximate surface area is 126 Å². The highest BCUT2D eigenvalue weighted by Crippen LogP contribution is 2.31. The first kappa shape index (κ1) is 15.3. The number of rotatable bonds is 5. The SMILES string of the molecule is COc1ccc(OC)c(C=Nc2cc([N+](=O)[O-])ccc2O)c1. The van der Waals surface area contributed by atoms with Gasteiger partial charge in [-0.2, -0.15) is 0 Å². The van der Waals surface area contributed by atoms with Crippen LogP contribution in [0.2, 0.25) is 0 Å². The first-order valence-corrected chi connectivity index (χ1v) is 6.28. The molecule has 1 N–H and O–H groups in total. The molecule has 0 saturated carbocycles. The van der Waals surface area contributed by atoms with Crippen LogP contribution in [-0.2, 0) is 0 Å². The monoisotopic (exact) mass is 302 g/mol. The van der Waals surface area contributed by atoms with Gasteiger partial charge in [0.1, 0.15) is 22.9 Å². The molecule has 0 aliphatic heterocycles. The molecule has 0 saturated heterocycles. The Hall–Kier alpha value is -3.09.